The maximum Gasteiger partial charge on any atom is 0.153 e. The predicted octanol–water partition coefficient (Wildman–Crippen LogP) is 5.40. The van der Waals surface area contributed by atoms with E-state index in [-0.39, 0.29) is 0 Å². The third-order valence-electron chi connectivity index (χ3n) is 3.14. The molecule has 2 aromatic carbocycles. The summed E-state index contributed by atoms with van der Waals surface area (Å²) in [6.45, 7) is 0. The van der Waals surface area contributed by atoms with Gasteiger partial charge in [-0.05, 0) is 24.3 Å². The molecule has 0 radical (unpaired) electrons. The van der Waals surface area contributed by atoms with Gasteiger partial charge in [0.05, 0.1) is 16.3 Å². The molecule has 3 rings (SSSR count). The molecule has 0 unspecified atom stereocenters. The Balaban J connectivity index is 2.27. The van der Waals surface area contributed by atoms with Crippen LogP contribution < -0.4 is 5.73 Å². The summed E-state index contributed by atoms with van der Waals surface area (Å²) < 4.78 is 0.917. The van der Waals surface area contributed by atoms with Crippen LogP contribution in [-0.4, -0.2) is 10.2 Å². The summed E-state index contributed by atoms with van der Waals surface area (Å²) in [6.07, 6.45) is 0. The standard InChI is InChI=1S/C15H10BrCl2N3/c16-8-5-6-12(18)10(7-8)14-13(15(19)21-20-14)9-3-1-2-4-11(9)17/h1-7H,(H3,19,20,21). The summed E-state index contributed by atoms with van der Waals surface area (Å²) in [5, 5.41) is 8.26. The minimum absolute atomic E-state index is 0.383. The molecule has 21 heavy (non-hydrogen) atoms. The molecule has 3 N–H and O–H groups in total. The number of nitrogens with two attached hydrogens (primary N) is 1. The summed E-state index contributed by atoms with van der Waals surface area (Å²) in [6, 6.07) is 13.1. The lowest BCUT2D eigenvalue weighted by Crippen LogP contribution is -1.90. The first-order valence-corrected chi connectivity index (χ1v) is 7.67. The highest BCUT2D eigenvalue weighted by Gasteiger charge is 2.18. The lowest BCUT2D eigenvalue weighted by Gasteiger charge is -2.08. The van der Waals surface area contributed by atoms with Gasteiger partial charge < -0.3 is 5.73 Å². The second-order valence-electron chi connectivity index (χ2n) is 4.46. The van der Waals surface area contributed by atoms with Crippen LogP contribution in [0.3, 0.4) is 0 Å². The van der Waals surface area contributed by atoms with Crippen molar-refractivity contribution in [3.8, 4) is 22.4 Å². The van der Waals surface area contributed by atoms with Crippen LogP contribution in [0.2, 0.25) is 10.0 Å². The van der Waals surface area contributed by atoms with Crippen LogP contribution in [0.4, 0.5) is 5.82 Å². The van der Waals surface area contributed by atoms with Gasteiger partial charge in [-0.25, -0.2) is 0 Å². The molecular formula is C15H10BrCl2N3. The molecule has 0 amide bonds. The van der Waals surface area contributed by atoms with Gasteiger partial charge >= 0.3 is 0 Å². The van der Waals surface area contributed by atoms with E-state index in [1.54, 1.807) is 0 Å². The van der Waals surface area contributed by atoms with Crippen molar-refractivity contribution in [2.75, 3.05) is 5.73 Å². The summed E-state index contributed by atoms with van der Waals surface area (Å²) >= 11 is 16.0. The molecule has 106 valence electrons. The fourth-order valence-electron chi connectivity index (χ4n) is 2.18. The first-order chi connectivity index (χ1) is 10.1. The van der Waals surface area contributed by atoms with Crippen LogP contribution in [0.15, 0.2) is 46.9 Å². The van der Waals surface area contributed by atoms with Crippen molar-refractivity contribution in [3.05, 3.63) is 57.0 Å². The summed E-state index contributed by atoms with van der Waals surface area (Å²) in [4.78, 5) is 0. The Labute approximate surface area is 140 Å². The number of aromatic amines is 1. The number of aromatic nitrogens is 2. The van der Waals surface area contributed by atoms with Crippen LogP contribution in [0.5, 0.6) is 0 Å². The van der Waals surface area contributed by atoms with Gasteiger partial charge in [0, 0.05) is 20.6 Å². The van der Waals surface area contributed by atoms with Crippen molar-refractivity contribution in [2.24, 2.45) is 0 Å². The van der Waals surface area contributed by atoms with Gasteiger partial charge in [0.1, 0.15) is 0 Å². The first kappa shape index (κ1) is 14.4. The van der Waals surface area contributed by atoms with Gasteiger partial charge in [-0.3, -0.25) is 5.10 Å². The summed E-state index contributed by atoms with van der Waals surface area (Å²) in [5.41, 5.74) is 9.13. The molecule has 3 aromatic rings. The van der Waals surface area contributed by atoms with Gasteiger partial charge in [-0.2, -0.15) is 5.10 Å². The number of nitrogens with one attached hydrogen (secondary N) is 1. The van der Waals surface area contributed by atoms with E-state index in [1.807, 2.05) is 42.5 Å². The van der Waals surface area contributed by atoms with Gasteiger partial charge in [-0.15, -0.1) is 0 Å². The molecule has 0 saturated carbocycles. The van der Waals surface area contributed by atoms with E-state index in [1.165, 1.54) is 0 Å². The zero-order valence-corrected chi connectivity index (χ0v) is 13.8. The maximum atomic E-state index is 6.30. The highest BCUT2D eigenvalue weighted by atomic mass is 79.9. The van der Waals surface area contributed by atoms with Crippen LogP contribution in [0.25, 0.3) is 22.4 Å². The predicted molar refractivity (Wildman–Crippen MR) is 91.6 cm³/mol. The Kier molecular flexibility index (Phi) is 3.93. The topological polar surface area (TPSA) is 54.7 Å². The van der Waals surface area contributed by atoms with Crippen LogP contribution in [-0.2, 0) is 0 Å². The quantitative estimate of drug-likeness (QED) is 0.623. The van der Waals surface area contributed by atoms with Gasteiger partial charge in [-0.1, -0.05) is 57.3 Å². The molecule has 0 fully saturated rings. The molecule has 3 nitrogen and oxygen atoms in total. The average Bonchev–Trinajstić information content (AvgIpc) is 2.84. The average molecular weight is 383 g/mol. The number of nitrogens with zero attached hydrogens (tertiary/aromatic N) is 1. The fraction of sp³-hybridized carbons (Fsp3) is 0. The molecule has 6 heteroatoms. The zero-order valence-electron chi connectivity index (χ0n) is 10.7. The summed E-state index contributed by atoms with van der Waals surface area (Å²) in [7, 11) is 0. The van der Waals surface area contributed by atoms with Crippen molar-refractivity contribution < 1.29 is 0 Å². The van der Waals surface area contributed by atoms with Crippen LogP contribution >= 0.6 is 39.1 Å². The Morgan fingerprint density at radius 3 is 2.48 bits per heavy atom. The number of rotatable bonds is 2. The highest BCUT2D eigenvalue weighted by molar-refractivity contribution is 9.10. The Bertz CT molecular complexity index is 814. The number of benzene rings is 2. The molecule has 0 bridgehead atoms. The van der Waals surface area contributed by atoms with E-state index in [9.17, 15) is 0 Å². The first-order valence-electron chi connectivity index (χ1n) is 6.12. The monoisotopic (exact) mass is 381 g/mol. The fourth-order valence-corrected chi connectivity index (χ4v) is 2.98. The molecule has 0 aliphatic heterocycles. The minimum Gasteiger partial charge on any atom is -0.382 e. The van der Waals surface area contributed by atoms with E-state index < -0.39 is 0 Å². The van der Waals surface area contributed by atoms with Gasteiger partial charge in [0.25, 0.3) is 0 Å². The molecule has 0 saturated heterocycles. The Morgan fingerprint density at radius 2 is 1.71 bits per heavy atom. The van der Waals surface area contributed by atoms with E-state index in [0.717, 1.165) is 26.9 Å². The number of anilines is 1. The van der Waals surface area contributed by atoms with E-state index in [0.29, 0.717) is 15.9 Å². The second kappa shape index (κ2) is 5.72. The van der Waals surface area contributed by atoms with Gasteiger partial charge in [0.2, 0.25) is 0 Å². The number of hydrogen-bond acceptors (Lipinski definition) is 2. The van der Waals surface area contributed by atoms with Crippen molar-refractivity contribution in [1.82, 2.24) is 10.2 Å². The molecule has 0 atom stereocenters. The lowest BCUT2D eigenvalue weighted by molar-refractivity contribution is 1.10. The van der Waals surface area contributed by atoms with Crippen molar-refractivity contribution in [3.63, 3.8) is 0 Å². The number of H-pyrrole nitrogens is 1. The van der Waals surface area contributed by atoms with Crippen molar-refractivity contribution in [2.45, 2.75) is 0 Å². The number of nitrogen functional groups attached to an aromatic ring is 1. The molecule has 0 spiro atoms. The summed E-state index contributed by atoms with van der Waals surface area (Å²) in [5.74, 6) is 0.383. The molecule has 1 aromatic heterocycles. The molecular weight excluding hydrogens is 373 g/mol. The van der Waals surface area contributed by atoms with Gasteiger partial charge in [0.15, 0.2) is 5.82 Å². The number of halogens is 3. The minimum atomic E-state index is 0.383. The van der Waals surface area contributed by atoms with Crippen molar-refractivity contribution in [1.29, 1.82) is 0 Å². The van der Waals surface area contributed by atoms with Crippen molar-refractivity contribution >= 4 is 44.9 Å². The molecule has 0 aliphatic carbocycles. The molecule has 0 aliphatic rings. The van der Waals surface area contributed by atoms with E-state index in [2.05, 4.69) is 26.1 Å². The third-order valence-corrected chi connectivity index (χ3v) is 4.29. The molecule has 1 heterocycles. The van der Waals surface area contributed by atoms with Crippen LogP contribution in [0, 0.1) is 0 Å². The maximum absolute atomic E-state index is 6.30. The Morgan fingerprint density at radius 1 is 1.00 bits per heavy atom. The number of hydrogen-bond donors (Lipinski definition) is 2. The van der Waals surface area contributed by atoms with Crippen LogP contribution in [0.1, 0.15) is 0 Å². The lowest BCUT2D eigenvalue weighted by atomic mass is 10.0. The second-order valence-corrected chi connectivity index (χ2v) is 6.19. The Hall–Kier alpha value is -1.49. The SMILES string of the molecule is Nc1n[nH]c(-c2cc(Br)ccc2Cl)c1-c1ccccc1Cl. The highest BCUT2D eigenvalue weighted by Crippen LogP contribution is 2.41. The van der Waals surface area contributed by atoms with E-state index >= 15 is 0 Å². The zero-order chi connectivity index (χ0) is 15.0. The normalized spacial score (nSPS) is 10.8. The largest absolute Gasteiger partial charge is 0.382 e. The smallest absolute Gasteiger partial charge is 0.153 e. The van der Waals surface area contributed by atoms with E-state index in [4.69, 9.17) is 28.9 Å². The third kappa shape index (κ3) is 2.67.